The van der Waals surface area contributed by atoms with Crippen LogP contribution in [-0.4, -0.2) is 42.3 Å². The molecule has 1 aromatic carbocycles. The van der Waals surface area contributed by atoms with E-state index in [9.17, 15) is 9.90 Å². The Morgan fingerprint density at radius 3 is 2.78 bits per heavy atom. The molecule has 23 heavy (non-hydrogen) atoms. The summed E-state index contributed by atoms with van der Waals surface area (Å²) in [4.78, 5) is 14.9. The predicted octanol–water partition coefficient (Wildman–Crippen LogP) is 2.53. The summed E-state index contributed by atoms with van der Waals surface area (Å²) in [6, 6.07) is 3.81. The summed E-state index contributed by atoms with van der Waals surface area (Å²) in [6.45, 7) is 0.608. The van der Waals surface area contributed by atoms with Gasteiger partial charge in [-0.2, -0.15) is 0 Å². The van der Waals surface area contributed by atoms with E-state index in [0.717, 1.165) is 31.2 Å². The molecule has 0 bridgehead atoms. The fourth-order valence-electron chi connectivity index (χ4n) is 4.85. The molecule has 3 aliphatic rings. The third-order valence-electron chi connectivity index (χ3n) is 5.94. The van der Waals surface area contributed by atoms with Gasteiger partial charge in [-0.1, -0.05) is 18.9 Å². The maximum Gasteiger partial charge on any atom is 0.258 e. The minimum absolute atomic E-state index is 0.00775. The van der Waals surface area contributed by atoms with Crippen molar-refractivity contribution in [3.8, 4) is 11.5 Å². The third-order valence-corrected chi connectivity index (χ3v) is 5.94. The lowest BCUT2D eigenvalue weighted by Gasteiger charge is -2.50. The average Bonchev–Trinajstić information content (AvgIpc) is 2.86. The van der Waals surface area contributed by atoms with E-state index in [-0.39, 0.29) is 17.9 Å². The van der Waals surface area contributed by atoms with Crippen LogP contribution in [0.25, 0.3) is 0 Å². The molecule has 124 valence electrons. The van der Waals surface area contributed by atoms with Gasteiger partial charge >= 0.3 is 0 Å². The van der Waals surface area contributed by atoms with E-state index >= 15 is 0 Å². The number of amides is 1. The Bertz CT molecular complexity index is 659. The van der Waals surface area contributed by atoms with E-state index in [1.807, 2.05) is 17.0 Å². The molecule has 1 N–H and O–H groups in total. The maximum absolute atomic E-state index is 13.0. The molecule has 0 unspecified atom stereocenters. The van der Waals surface area contributed by atoms with E-state index in [2.05, 4.69) is 0 Å². The number of aliphatic hydroxyl groups is 1. The number of nitrogens with zero attached hydrogens (tertiary/aromatic N) is 1. The molecular weight excluding hydrogens is 294 g/mol. The molecule has 2 heterocycles. The largest absolute Gasteiger partial charge is 0.493 e. The number of piperidine rings is 1. The lowest BCUT2D eigenvalue weighted by molar-refractivity contribution is -0.111. The van der Waals surface area contributed by atoms with Gasteiger partial charge in [0.2, 0.25) is 0 Å². The van der Waals surface area contributed by atoms with E-state index < -0.39 is 5.60 Å². The average molecular weight is 317 g/mol. The number of fused-ring (bicyclic) bond motifs is 5. The fourth-order valence-corrected chi connectivity index (χ4v) is 4.85. The highest BCUT2D eigenvalue weighted by atomic mass is 16.5. The van der Waals surface area contributed by atoms with Gasteiger partial charge in [-0.3, -0.25) is 4.79 Å². The Hall–Kier alpha value is -1.75. The first kappa shape index (κ1) is 14.8. The van der Waals surface area contributed by atoms with Gasteiger partial charge < -0.3 is 19.5 Å². The van der Waals surface area contributed by atoms with E-state index in [0.29, 0.717) is 30.0 Å². The molecule has 1 amide bonds. The van der Waals surface area contributed by atoms with Crippen LogP contribution >= 0.6 is 0 Å². The normalized spacial score (nSPS) is 32.1. The summed E-state index contributed by atoms with van der Waals surface area (Å²) in [7, 11) is 3.15. The number of hydrogen-bond donors (Lipinski definition) is 1. The second-order valence-electron chi connectivity index (χ2n) is 6.91. The quantitative estimate of drug-likeness (QED) is 0.910. The highest BCUT2D eigenvalue weighted by Crippen LogP contribution is 2.55. The topological polar surface area (TPSA) is 59.0 Å². The molecule has 1 saturated heterocycles. The number of methoxy groups -OCH3 is 2. The minimum atomic E-state index is -0.630. The van der Waals surface area contributed by atoms with Crippen LogP contribution in [0.4, 0.5) is 0 Å². The van der Waals surface area contributed by atoms with Crippen molar-refractivity contribution in [2.45, 2.75) is 43.7 Å². The van der Waals surface area contributed by atoms with Crippen molar-refractivity contribution < 1.29 is 19.4 Å². The Morgan fingerprint density at radius 1 is 1.22 bits per heavy atom. The van der Waals surface area contributed by atoms with Crippen molar-refractivity contribution >= 4 is 5.91 Å². The number of ether oxygens (including phenoxy) is 2. The SMILES string of the molecule is COc1ccc2c(c1OC)C(=O)N1CC[C@]3(O)CCCC[C@@H]3[C@H]21. The Balaban J connectivity index is 1.85. The molecule has 0 spiro atoms. The van der Waals surface area contributed by atoms with Gasteiger partial charge in [-0.15, -0.1) is 0 Å². The van der Waals surface area contributed by atoms with Crippen LogP contribution < -0.4 is 9.47 Å². The zero-order valence-electron chi connectivity index (χ0n) is 13.7. The molecule has 1 aromatic rings. The van der Waals surface area contributed by atoms with Gasteiger partial charge in [-0.25, -0.2) is 0 Å². The third kappa shape index (κ3) is 1.92. The van der Waals surface area contributed by atoms with Crippen molar-refractivity contribution in [3.05, 3.63) is 23.3 Å². The monoisotopic (exact) mass is 317 g/mol. The summed E-state index contributed by atoms with van der Waals surface area (Å²) in [5.74, 6) is 1.23. The van der Waals surface area contributed by atoms with Crippen LogP contribution in [0.2, 0.25) is 0 Å². The zero-order valence-corrected chi connectivity index (χ0v) is 13.7. The fraction of sp³-hybridized carbons (Fsp3) is 0.611. The number of rotatable bonds is 2. The van der Waals surface area contributed by atoms with Gasteiger partial charge in [0, 0.05) is 12.5 Å². The first-order valence-electron chi connectivity index (χ1n) is 8.39. The van der Waals surface area contributed by atoms with Crippen LogP contribution in [0.15, 0.2) is 12.1 Å². The molecular formula is C18H23NO4. The smallest absolute Gasteiger partial charge is 0.258 e. The van der Waals surface area contributed by atoms with Gasteiger partial charge in [0.15, 0.2) is 11.5 Å². The van der Waals surface area contributed by atoms with Gasteiger partial charge in [0.25, 0.3) is 5.91 Å². The van der Waals surface area contributed by atoms with Crippen molar-refractivity contribution in [2.75, 3.05) is 20.8 Å². The Labute approximate surface area is 136 Å². The summed E-state index contributed by atoms with van der Waals surface area (Å²) >= 11 is 0. The standard InChI is InChI=1S/C18H23NO4/c1-22-13-7-6-11-14(16(13)23-2)17(20)19-10-9-18(21)8-4-3-5-12(18)15(11)19/h6-7,12,15,21H,3-5,8-10H2,1-2H3/t12-,15+,18-/m1/s1. The number of benzene rings is 1. The second-order valence-corrected chi connectivity index (χ2v) is 6.91. The second kappa shape index (κ2) is 5.13. The van der Waals surface area contributed by atoms with Crippen molar-refractivity contribution in [3.63, 3.8) is 0 Å². The molecule has 2 aliphatic heterocycles. The van der Waals surface area contributed by atoms with Crippen molar-refractivity contribution in [1.82, 2.24) is 4.90 Å². The highest BCUT2D eigenvalue weighted by molar-refractivity contribution is 6.02. The van der Waals surface area contributed by atoms with Crippen molar-refractivity contribution in [2.24, 2.45) is 5.92 Å². The number of carbonyl (C=O) groups excluding carboxylic acids is 1. The Kier molecular flexibility index (Phi) is 3.30. The molecule has 0 radical (unpaired) electrons. The molecule has 2 fully saturated rings. The van der Waals surface area contributed by atoms with Gasteiger partial charge in [0.1, 0.15) is 0 Å². The molecule has 5 nitrogen and oxygen atoms in total. The lowest BCUT2D eigenvalue weighted by Crippen LogP contribution is -2.54. The maximum atomic E-state index is 13.0. The predicted molar refractivity (Wildman–Crippen MR) is 84.8 cm³/mol. The van der Waals surface area contributed by atoms with Crippen LogP contribution in [0.3, 0.4) is 0 Å². The first-order chi connectivity index (χ1) is 11.1. The molecule has 1 aliphatic carbocycles. The van der Waals surface area contributed by atoms with Crippen LogP contribution in [-0.2, 0) is 0 Å². The lowest BCUT2D eigenvalue weighted by atomic mass is 9.67. The van der Waals surface area contributed by atoms with Crippen LogP contribution in [0, 0.1) is 5.92 Å². The van der Waals surface area contributed by atoms with E-state index in [1.54, 1.807) is 14.2 Å². The summed E-state index contributed by atoms with van der Waals surface area (Å²) in [5, 5.41) is 11.1. The summed E-state index contributed by atoms with van der Waals surface area (Å²) in [5.41, 5.74) is 0.971. The molecule has 3 atom stereocenters. The molecule has 1 saturated carbocycles. The van der Waals surface area contributed by atoms with Crippen LogP contribution in [0.1, 0.15) is 54.1 Å². The summed E-state index contributed by atoms with van der Waals surface area (Å²) in [6.07, 6.45) is 4.69. The summed E-state index contributed by atoms with van der Waals surface area (Å²) < 4.78 is 10.8. The molecule has 5 heteroatoms. The minimum Gasteiger partial charge on any atom is -0.493 e. The van der Waals surface area contributed by atoms with Crippen molar-refractivity contribution in [1.29, 1.82) is 0 Å². The van der Waals surface area contributed by atoms with Crippen LogP contribution in [0.5, 0.6) is 11.5 Å². The first-order valence-corrected chi connectivity index (χ1v) is 8.39. The highest BCUT2D eigenvalue weighted by Gasteiger charge is 2.54. The zero-order chi connectivity index (χ0) is 16.2. The number of hydrogen-bond acceptors (Lipinski definition) is 4. The van der Waals surface area contributed by atoms with Gasteiger partial charge in [0.05, 0.1) is 31.4 Å². The van der Waals surface area contributed by atoms with E-state index in [4.69, 9.17) is 9.47 Å². The Morgan fingerprint density at radius 2 is 2.04 bits per heavy atom. The van der Waals surface area contributed by atoms with Gasteiger partial charge in [-0.05, 0) is 30.9 Å². The number of carbonyl (C=O) groups is 1. The molecule has 4 rings (SSSR count). The van der Waals surface area contributed by atoms with E-state index in [1.165, 1.54) is 0 Å². The molecule has 0 aromatic heterocycles.